The second-order valence-corrected chi connectivity index (χ2v) is 5.52. The van der Waals surface area contributed by atoms with Crippen molar-refractivity contribution < 1.29 is 9.18 Å². The molecule has 112 valence electrons. The van der Waals surface area contributed by atoms with Crippen molar-refractivity contribution in [3.8, 4) is 0 Å². The zero-order chi connectivity index (χ0) is 15.7. The molecule has 0 saturated carbocycles. The first-order valence-electron chi connectivity index (χ1n) is 7.25. The Bertz CT molecular complexity index is 754. The third kappa shape index (κ3) is 2.64. The van der Waals surface area contributed by atoms with Gasteiger partial charge in [-0.2, -0.15) is 5.10 Å². The van der Waals surface area contributed by atoms with Gasteiger partial charge < -0.3 is 0 Å². The third-order valence-corrected chi connectivity index (χ3v) is 3.85. The van der Waals surface area contributed by atoms with E-state index in [0.29, 0.717) is 12.0 Å². The van der Waals surface area contributed by atoms with Gasteiger partial charge in [0, 0.05) is 18.9 Å². The number of amides is 1. The van der Waals surface area contributed by atoms with Gasteiger partial charge in [0.25, 0.3) is 0 Å². The van der Waals surface area contributed by atoms with Crippen molar-refractivity contribution in [2.24, 2.45) is 5.10 Å². The van der Waals surface area contributed by atoms with Crippen LogP contribution in [0.3, 0.4) is 0 Å². The van der Waals surface area contributed by atoms with Gasteiger partial charge in [-0.15, -0.1) is 0 Å². The third-order valence-electron chi connectivity index (χ3n) is 3.85. The van der Waals surface area contributed by atoms with Gasteiger partial charge in [-0.1, -0.05) is 48.0 Å². The van der Waals surface area contributed by atoms with E-state index in [0.717, 1.165) is 16.8 Å². The van der Waals surface area contributed by atoms with Crippen LogP contribution in [0.25, 0.3) is 0 Å². The molecule has 1 atom stereocenters. The molecule has 1 amide bonds. The average molecular weight is 296 g/mol. The predicted molar refractivity (Wildman–Crippen MR) is 84.0 cm³/mol. The highest BCUT2D eigenvalue weighted by atomic mass is 19.1. The number of hydrazone groups is 1. The lowest BCUT2D eigenvalue weighted by Gasteiger charge is -2.20. The summed E-state index contributed by atoms with van der Waals surface area (Å²) in [7, 11) is 0. The van der Waals surface area contributed by atoms with Crippen LogP contribution in [0, 0.1) is 12.7 Å². The molecule has 0 aliphatic carbocycles. The van der Waals surface area contributed by atoms with Crippen molar-refractivity contribution in [3.63, 3.8) is 0 Å². The van der Waals surface area contributed by atoms with Crippen LogP contribution in [0.15, 0.2) is 53.6 Å². The molecule has 2 aromatic rings. The van der Waals surface area contributed by atoms with Crippen LogP contribution in [-0.2, 0) is 4.79 Å². The lowest BCUT2D eigenvalue weighted by Crippen LogP contribution is -2.25. The standard InChI is InChI=1S/C18H17FN2O/c1-12-6-5-7-14(10-12)17-11-18(21(20-17)13(2)22)15-8-3-4-9-16(15)19/h3-10,18H,11H2,1-2H3/t18-/m1/s1. The topological polar surface area (TPSA) is 32.7 Å². The summed E-state index contributed by atoms with van der Waals surface area (Å²) in [5.74, 6) is -0.490. The highest BCUT2D eigenvalue weighted by Crippen LogP contribution is 2.34. The zero-order valence-electron chi connectivity index (χ0n) is 12.6. The van der Waals surface area contributed by atoms with E-state index in [2.05, 4.69) is 5.10 Å². The van der Waals surface area contributed by atoms with Crippen LogP contribution in [0.2, 0.25) is 0 Å². The summed E-state index contributed by atoms with van der Waals surface area (Å²) in [6.45, 7) is 3.46. The summed E-state index contributed by atoms with van der Waals surface area (Å²) in [6, 6.07) is 14.1. The Hall–Kier alpha value is -2.49. The second kappa shape index (κ2) is 5.72. The molecule has 0 unspecified atom stereocenters. The van der Waals surface area contributed by atoms with Crippen LogP contribution >= 0.6 is 0 Å². The highest BCUT2D eigenvalue weighted by molar-refractivity contribution is 6.03. The van der Waals surface area contributed by atoms with E-state index in [1.54, 1.807) is 18.2 Å². The lowest BCUT2D eigenvalue weighted by molar-refractivity contribution is -0.130. The van der Waals surface area contributed by atoms with Gasteiger partial charge in [0.1, 0.15) is 5.82 Å². The average Bonchev–Trinajstić information content (AvgIpc) is 2.93. The van der Waals surface area contributed by atoms with E-state index in [9.17, 15) is 9.18 Å². The Labute approximate surface area is 129 Å². The highest BCUT2D eigenvalue weighted by Gasteiger charge is 2.32. The monoisotopic (exact) mass is 296 g/mol. The van der Waals surface area contributed by atoms with Crippen LogP contribution in [0.4, 0.5) is 4.39 Å². The molecule has 1 aliphatic heterocycles. The van der Waals surface area contributed by atoms with Gasteiger partial charge in [-0.05, 0) is 18.6 Å². The lowest BCUT2D eigenvalue weighted by atomic mass is 9.97. The predicted octanol–water partition coefficient (Wildman–Crippen LogP) is 3.83. The molecule has 3 rings (SSSR count). The van der Waals surface area contributed by atoms with Crippen molar-refractivity contribution in [2.45, 2.75) is 26.3 Å². The van der Waals surface area contributed by atoms with Crippen molar-refractivity contribution in [3.05, 3.63) is 71.0 Å². The largest absolute Gasteiger partial charge is 0.273 e. The Morgan fingerprint density at radius 2 is 2.00 bits per heavy atom. The minimum atomic E-state index is -0.380. The minimum Gasteiger partial charge on any atom is -0.273 e. The maximum absolute atomic E-state index is 14.1. The summed E-state index contributed by atoms with van der Waals surface area (Å²) >= 11 is 0. The number of benzene rings is 2. The number of nitrogens with zero attached hydrogens (tertiary/aromatic N) is 2. The molecule has 3 nitrogen and oxygen atoms in total. The van der Waals surface area contributed by atoms with Gasteiger partial charge >= 0.3 is 0 Å². The fraction of sp³-hybridized carbons (Fsp3) is 0.222. The first-order chi connectivity index (χ1) is 10.6. The van der Waals surface area contributed by atoms with E-state index < -0.39 is 0 Å². The number of aryl methyl sites for hydroxylation is 1. The normalized spacial score (nSPS) is 17.5. The number of hydrogen-bond donors (Lipinski definition) is 0. The first kappa shape index (κ1) is 14.4. The van der Waals surface area contributed by atoms with E-state index in [1.807, 2.05) is 31.2 Å². The van der Waals surface area contributed by atoms with Crippen LogP contribution in [0.5, 0.6) is 0 Å². The van der Waals surface area contributed by atoms with Gasteiger partial charge in [0.05, 0.1) is 11.8 Å². The van der Waals surface area contributed by atoms with Crippen LogP contribution < -0.4 is 0 Å². The summed E-state index contributed by atoms with van der Waals surface area (Å²) in [5, 5.41) is 5.82. The Kier molecular flexibility index (Phi) is 3.75. The summed E-state index contributed by atoms with van der Waals surface area (Å²) in [4.78, 5) is 11.9. The van der Waals surface area contributed by atoms with E-state index >= 15 is 0 Å². The Morgan fingerprint density at radius 3 is 2.68 bits per heavy atom. The quantitative estimate of drug-likeness (QED) is 0.829. The van der Waals surface area contributed by atoms with Crippen LogP contribution in [0.1, 0.15) is 36.1 Å². The maximum Gasteiger partial charge on any atom is 0.240 e. The van der Waals surface area contributed by atoms with Gasteiger partial charge in [0.2, 0.25) is 5.91 Å². The van der Waals surface area contributed by atoms with E-state index in [4.69, 9.17) is 0 Å². The fourth-order valence-electron chi connectivity index (χ4n) is 2.79. The van der Waals surface area contributed by atoms with Gasteiger partial charge in [-0.25, -0.2) is 9.40 Å². The van der Waals surface area contributed by atoms with E-state index in [1.165, 1.54) is 18.0 Å². The molecule has 22 heavy (non-hydrogen) atoms. The Morgan fingerprint density at radius 1 is 1.23 bits per heavy atom. The summed E-state index contributed by atoms with van der Waals surface area (Å²) in [5.41, 5.74) is 3.42. The van der Waals surface area contributed by atoms with Crippen LogP contribution in [-0.4, -0.2) is 16.6 Å². The smallest absolute Gasteiger partial charge is 0.240 e. The molecule has 0 N–H and O–H groups in total. The molecular weight excluding hydrogens is 279 g/mol. The number of halogens is 1. The molecule has 0 aromatic heterocycles. The summed E-state index contributed by atoms with van der Waals surface area (Å²) < 4.78 is 14.1. The molecular formula is C18H17FN2O. The molecule has 4 heteroatoms. The second-order valence-electron chi connectivity index (χ2n) is 5.52. The fourth-order valence-corrected chi connectivity index (χ4v) is 2.79. The molecule has 1 heterocycles. The molecule has 2 aromatic carbocycles. The molecule has 1 aliphatic rings. The summed E-state index contributed by atoms with van der Waals surface area (Å²) in [6.07, 6.45) is 0.518. The van der Waals surface area contributed by atoms with Crippen molar-refractivity contribution in [1.82, 2.24) is 5.01 Å². The number of hydrogen-bond acceptors (Lipinski definition) is 2. The van der Waals surface area contributed by atoms with Crippen molar-refractivity contribution in [1.29, 1.82) is 0 Å². The Balaban J connectivity index is 1.99. The van der Waals surface area contributed by atoms with Crippen molar-refractivity contribution in [2.75, 3.05) is 0 Å². The number of rotatable bonds is 2. The molecule has 0 spiro atoms. The molecule has 0 saturated heterocycles. The molecule has 0 bridgehead atoms. The van der Waals surface area contributed by atoms with Gasteiger partial charge in [-0.3, -0.25) is 4.79 Å². The molecule has 0 fully saturated rings. The minimum absolute atomic E-state index is 0.184. The SMILES string of the molecule is CC(=O)N1N=C(c2cccc(C)c2)C[C@@H]1c1ccccc1F. The number of carbonyl (C=O) groups excluding carboxylic acids is 1. The molecule has 0 radical (unpaired) electrons. The zero-order valence-corrected chi connectivity index (χ0v) is 12.6. The first-order valence-corrected chi connectivity index (χ1v) is 7.25. The van der Waals surface area contributed by atoms with Gasteiger partial charge in [0.15, 0.2) is 0 Å². The maximum atomic E-state index is 14.1. The van der Waals surface area contributed by atoms with Crippen molar-refractivity contribution >= 4 is 11.6 Å². The van der Waals surface area contributed by atoms with E-state index in [-0.39, 0.29) is 17.8 Å². The number of carbonyl (C=O) groups is 1.